The lowest BCUT2D eigenvalue weighted by Gasteiger charge is -2.32. The average Bonchev–Trinajstić information content (AvgIpc) is 2.74. The standard InChI is InChI=1S/C21H26F3N5O/c1-15-14-29(9-10-30-15)19-8-5-17(12-26-19)13-28-20(25-2)27-11-16-3-6-18(7-4-16)21(22,23)24/h3-8,12,15H,9-11,13-14H2,1-2H3,(H2,25,27,28). The van der Waals surface area contributed by atoms with Crippen LogP contribution in [0.4, 0.5) is 19.0 Å². The van der Waals surface area contributed by atoms with Crippen molar-refractivity contribution in [3.05, 3.63) is 59.3 Å². The molecule has 1 aromatic carbocycles. The largest absolute Gasteiger partial charge is 0.416 e. The molecule has 2 heterocycles. The smallest absolute Gasteiger partial charge is 0.375 e. The Morgan fingerprint density at radius 1 is 1.13 bits per heavy atom. The number of pyridine rings is 1. The summed E-state index contributed by atoms with van der Waals surface area (Å²) in [6.45, 7) is 5.30. The van der Waals surface area contributed by atoms with E-state index in [1.807, 2.05) is 25.3 Å². The van der Waals surface area contributed by atoms with E-state index < -0.39 is 11.7 Å². The molecular weight excluding hydrogens is 395 g/mol. The SMILES string of the molecule is CN=C(NCc1ccc(C(F)(F)F)cc1)NCc1ccc(N2CCOC(C)C2)nc1. The van der Waals surface area contributed by atoms with Crippen LogP contribution in [-0.4, -0.2) is 43.8 Å². The van der Waals surface area contributed by atoms with Gasteiger partial charge in [0.05, 0.1) is 18.3 Å². The predicted octanol–water partition coefficient (Wildman–Crippen LogP) is 3.19. The van der Waals surface area contributed by atoms with Gasteiger partial charge in [-0.05, 0) is 36.2 Å². The van der Waals surface area contributed by atoms with Gasteiger partial charge in [-0.3, -0.25) is 4.99 Å². The fraction of sp³-hybridized carbons (Fsp3) is 0.429. The summed E-state index contributed by atoms with van der Waals surface area (Å²) in [5, 5.41) is 6.28. The first kappa shape index (κ1) is 21.9. The summed E-state index contributed by atoms with van der Waals surface area (Å²) >= 11 is 0. The minimum Gasteiger partial charge on any atom is -0.375 e. The summed E-state index contributed by atoms with van der Waals surface area (Å²) < 4.78 is 43.5. The summed E-state index contributed by atoms with van der Waals surface area (Å²) in [5.74, 6) is 1.49. The Balaban J connectivity index is 1.48. The lowest BCUT2D eigenvalue weighted by atomic mass is 10.1. The van der Waals surface area contributed by atoms with E-state index in [4.69, 9.17) is 4.74 Å². The molecule has 0 spiro atoms. The van der Waals surface area contributed by atoms with E-state index in [0.29, 0.717) is 25.7 Å². The van der Waals surface area contributed by atoms with E-state index in [1.165, 1.54) is 12.1 Å². The van der Waals surface area contributed by atoms with Gasteiger partial charge in [-0.25, -0.2) is 4.98 Å². The molecule has 1 aliphatic rings. The molecule has 9 heteroatoms. The highest BCUT2D eigenvalue weighted by Crippen LogP contribution is 2.29. The second kappa shape index (κ2) is 9.80. The van der Waals surface area contributed by atoms with Gasteiger partial charge in [-0.15, -0.1) is 0 Å². The van der Waals surface area contributed by atoms with Crippen LogP contribution in [0, 0.1) is 0 Å². The van der Waals surface area contributed by atoms with Gasteiger partial charge in [0.25, 0.3) is 0 Å². The van der Waals surface area contributed by atoms with Crippen molar-refractivity contribution in [1.29, 1.82) is 0 Å². The van der Waals surface area contributed by atoms with Gasteiger partial charge in [0.2, 0.25) is 0 Å². The zero-order valence-corrected chi connectivity index (χ0v) is 17.0. The molecule has 6 nitrogen and oxygen atoms in total. The van der Waals surface area contributed by atoms with Crippen molar-refractivity contribution in [2.75, 3.05) is 31.6 Å². The van der Waals surface area contributed by atoms with Crippen molar-refractivity contribution in [2.24, 2.45) is 4.99 Å². The molecule has 1 saturated heterocycles. The normalized spacial score (nSPS) is 17.7. The number of anilines is 1. The van der Waals surface area contributed by atoms with Crippen LogP contribution in [-0.2, 0) is 24.0 Å². The molecule has 30 heavy (non-hydrogen) atoms. The molecule has 1 aromatic heterocycles. The van der Waals surface area contributed by atoms with Gasteiger partial charge in [0.15, 0.2) is 5.96 Å². The Kier molecular flexibility index (Phi) is 7.15. The van der Waals surface area contributed by atoms with E-state index in [1.54, 1.807) is 7.05 Å². The maximum atomic E-state index is 12.6. The number of morpholine rings is 1. The number of alkyl halides is 3. The Labute approximate surface area is 174 Å². The van der Waals surface area contributed by atoms with Gasteiger partial charge < -0.3 is 20.3 Å². The molecule has 2 N–H and O–H groups in total. The van der Waals surface area contributed by atoms with Crippen LogP contribution in [0.25, 0.3) is 0 Å². The lowest BCUT2D eigenvalue weighted by molar-refractivity contribution is -0.137. The zero-order chi connectivity index (χ0) is 21.6. The fourth-order valence-electron chi connectivity index (χ4n) is 3.14. The highest BCUT2D eigenvalue weighted by molar-refractivity contribution is 5.79. The average molecular weight is 421 g/mol. The molecule has 1 aliphatic heterocycles. The molecule has 2 aromatic rings. The minimum absolute atomic E-state index is 0.195. The number of aliphatic imine (C=N–C) groups is 1. The number of rotatable bonds is 5. The zero-order valence-electron chi connectivity index (χ0n) is 17.0. The Bertz CT molecular complexity index is 837. The van der Waals surface area contributed by atoms with Crippen molar-refractivity contribution < 1.29 is 17.9 Å². The number of nitrogens with one attached hydrogen (secondary N) is 2. The maximum absolute atomic E-state index is 12.6. The minimum atomic E-state index is -4.33. The molecular formula is C21H26F3N5O. The van der Waals surface area contributed by atoms with Gasteiger partial charge in [-0.1, -0.05) is 18.2 Å². The monoisotopic (exact) mass is 421 g/mol. The second-order valence-electron chi connectivity index (χ2n) is 7.13. The van der Waals surface area contributed by atoms with E-state index in [-0.39, 0.29) is 6.10 Å². The van der Waals surface area contributed by atoms with Crippen LogP contribution in [0.2, 0.25) is 0 Å². The third-order valence-electron chi connectivity index (χ3n) is 4.80. The molecule has 0 radical (unpaired) electrons. The Morgan fingerprint density at radius 3 is 2.37 bits per heavy atom. The van der Waals surface area contributed by atoms with Crippen molar-refractivity contribution in [1.82, 2.24) is 15.6 Å². The molecule has 0 saturated carbocycles. The fourth-order valence-corrected chi connectivity index (χ4v) is 3.14. The van der Waals surface area contributed by atoms with Crippen LogP contribution in [0.15, 0.2) is 47.6 Å². The number of aromatic nitrogens is 1. The molecule has 3 rings (SSSR count). The number of hydrogen-bond acceptors (Lipinski definition) is 4. The highest BCUT2D eigenvalue weighted by Gasteiger charge is 2.29. The molecule has 162 valence electrons. The van der Waals surface area contributed by atoms with E-state index in [0.717, 1.165) is 42.2 Å². The quantitative estimate of drug-likeness (QED) is 0.574. The maximum Gasteiger partial charge on any atom is 0.416 e. The number of hydrogen-bond donors (Lipinski definition) is 2. The highest BCUT2D eigenvalue weighted by atomic mass is 19.4. The summed E-state index contributed by atoms with van der Waals surface area (Å²) in [4.78, 5) is 10.9. The van der Waals surface area contributed by atoms with Gasteiger partial charge in [0.1, 0.15) is 5.82 Å². The van der Waals surface area contributed by atoms with Gasteiger partial charge >= 0.3 is 6.18 Å². The van der Waals surface area contributed by atoms with Crippen LogP contribution in [0.5, 0.6) is 0 Å². The summed E-state index contributed by atoms with van der Waals surface area (Å²) in [5.41, 5.74) is 1.07. The molecule has 1 unspecified atom stereocenters. The second-order valence-corrected chi connectivity index (χ2v) is 7.13. The third-order valence-corrected chi connectivity index (χ3v) is 4.80. The van der Waals surface area contributed by atoms with Crippen molar-refractivity contribution in [3.63, 3.8) is 0 Å². The van der Waals surface area contributed by atoms with Gasteiger partial charge in [-0.2, -0.15) is 13.2 Å². The van der Waals surface area contributed by atoms with E-state index in [9.17, 15) is 13.2 Å². The molecule has 0 aliphatic carbocycles. The first-order chi connectivity index (χ1) is 14.3. The van der Waals surface area contributed by atoms with Crippen LogP contribution < -0.4 is 15.5 Å². The number of nitrogens with zero attached hydrogens (tertiary/aromatic N) is 3. The topological polar surface area (TPSA) is 61.8 Å². The lowest BCUT2D eigenvalue weighted by Crippen LogP contribution is -2.41. The van der Waals surface area contributed by atoms with Crippen LogP contribution in [0.3, 0.4) is 0 Å². The van der Waals surface area contributed by atoms with Crippen molar-refractivity contribution in [3.8, 4) is 0 Å². The number of halogens is 3. The number of benzene rings is 1. The van der Waals surface area contributed by atoms with Crippen molar-refractivity contribution in [2.45, 2.75) is 32.3 Å². The van der Waals surface area contributed by atoms with Gasteiger partial charge in [0, 0.05) is 39.4 Å². The first-order valence-corrected chi connectivity index (χ1v) is 9.77. The summed E-state index contributed by atoms with van der Waals surface area (Å²) in [7, 11) is 1.64. The van der Waals surface area contributed by atoms with Crippen LogP contribution >= 0.6 is 0 Å². The van der Waals surface area contributed by atoms with E-state index in [2.05, 4.69) is 25.5 Å². The summed E-state index contributed by atoms with van der Waals surface area (Å²) in [6, 6.07) is 9.08. The first-order valence-electron chi connectivity index (χ1n) is 9.77. The number of guanidine groups is 1. The molecule has 1 fully saturated rings. The molecule has 1 atom stereocenters. The number of ether oxygens (including phenoxy) is 1. The summed E-state index contributed by atoms with van der Waals surface area (Å²) in [6.07, 6.45) is -2.31. The molecule has 0 bridgehead atoms. The third kappa shape index (κ3) is 6.09. The van der Waals surface area contributed by atoms with Crippen molar-refractivity contribution >= 4 is 11.8 Å². The Morgan fingerprint density at radius 2 is 1.80 bits per heavy atom. The Hall–Kier alpha value is -2.81. The predicted molar refractivity (Wildman–Crippen MR) is 110 cm³/mol. The van der Waals surface area contributed by atoms with E-state index >= 15 is 0 Å². The van der Waals surface area contributed by atoms with Crippen LogP contribution in [0.1, 0.15) is 23.6 Å². The molecule has 0 amide bonds.